The molecular weight excluding hydrogens is 256 g/mol. The number of alkyl halides is 2. The molecule has 1 aliphatic rings. The third-order valence-corrected chi connectivity index (χ3v) is 2.72. The number of benzene rings is 1. The van der Waals surface area contributed by atoms with Gasteiger partial charge in [0, 0.05) is 11.5 Å². The SMILES string of the molecule is CN1C(=O)C(F)(F)c2cc(Br)ccc21. The van der Waals surface area contributed by atoms with Gasteiger partial charge in [0.05, 0.1) is 11.3 Å². The zero-order chi connectivity index (χ0) is 10.5. The molecular formula is C9H6BrF2NO. The maximum atomic E-state index is 13.3. The molecule has 1 heterocycles. The number of likely N-dealkylation sites (N-methyl/N-ethyl adjacent to an activating group) is 1. The first-order valence-electron chi connectivity index (χ1n) is 3.90. The van der Waals surface area contributed by atoms with Crippen LogP contribution in [0.4, 0.5) is 14.5 Å². The van der Waals surface area contributed by atoms with E-state index in [1.54, 1.807) is 6.07 Å². The van der Waals surface area contributed by atoms with Gasteiger partial charge in [-0.15, -0.1) is 0 Å². The van der Waals surface area contributed by atoms with Gasteiger partial charge >= 0.3 is 11.8 Å². The molecule has 0 fully saturated rings. The molecule has 1 aromatic rings. The first-order valence-corrected chi connectivity index (χ1v) is 4.70. The van der Waals surface area contributed by atoms with Gasteiger partial charge < -0.3 is 4.90 Å². The van der Waals surface area contributed by atoms with Crippen molar-refractivity contribution in [2.75, 3.05) is 11.9 Å². The van der Waals surface area contributed by atoms with E-state index in [-0.39, 0.29) is 11.3 Å². The predicted molar refractivity (Wildman–Crippen MR) is 51.4 cm³/mol. The number of carbonyl (C=O) groups excluding carboxylic acids is 1. The number of hydrogen-bond donors (Lipinski definition) is 0. The van der Waals surface area contributed by atoms with Gasteiger partial charge in [-0.25, -0.2) is 0 Å². The molecule has 5 heteroatoms. The minimum absolute atomic E-state index is 0.237. The molecule has 0 aliphatic carbocycles. The Labute approximate surface area is 87.6 Å². The van der Waals surface area contributed by atoms with Gasteiger partial charge in [0.2, 0.25) is 0 Å². The van der Waals surface area contributed by atoms with E-state index in [0.29, 0.717) is 4.47 Å². The van der Waals surface area contributed by atoms with Crippen molar-refractivity contribution in [1.29, 1.82) is 0 Å². The summed E-state index contributed by atoms with van der Waals surface area (Å²) in [6.07, 6.45) is 0. The van der Waals surface area contributed by atoms with Gasteiger partial charge in [-0.2, -0.15) is 8.78 Å². The molecule has 1 aromatic carbocycles. The summed E-state index contributed by atoms with van der Waals surface area (Å²) >= 11 is 3.09. The Hall–Kier alpha value is -0.970. The summed E-state index contributed by atoms with van der Waals surface area (Å²) in [6, 6.07) is 4.40. The molecule has 0 spiro atoms. The van der Waals surface area contributed by atoms with Crippen molar-refractivity contribution < 1.29 is 13.6 Å². The van der Waals surface area contributed by atoms with E-state index in [9.17, 15) is 13.6 Å². The molecule has 2 rings (SSSR count). The average Bonchev–Trinajstić information content (AvgIpc) is 2.29. The van der Waals surface area contributed by atoms with Crippen LogP contribution in [0.1, 0.15) is 5.56 Å². The second-order valence-electron chi connectivity index (χ2n) is 3.10. The standard InChI is InChI=1S/C9H6BrF2NO/c1-13-7-3-2-5(10)4-6(7)9(11,12)8(13)14/h2-4H,1H3. The summed E-state index contributed by atoms with van der Waals surface area (Å²) in [4.78, 5) is 12.1. The molecule has 0 saturated carbocycles. The third kappa shape index (κ3) is 1.08. The number of rotatable bonds is 0. The number of anilines is 1. The third-order valence-electron chi connectivity index (χ3n) is 2.23. The zero-order valence-electron chi connectivity index (χ0n) is 7.22. The van der Waals surface area contributed by atoms with Gasteiger partial charge in [0.1, 0.15) is 0 Å². The van der Waals surface area contributed by atoms with Gasteiger partial charge in [-0.1, -0.05) is 15.9 Å². The first-order chi connectivity index (χ1) is 6.44. The van der Waals surface area contributed by atoms with Crippen LogP contribution in [-0.4, -0.2) is 13.0 Å². The Morgan fingerprint density at radius 2 is 2.07 bits per heavy atom. The van der Waals surface area contributed by atoms with Crippen LogP contribution in [0.25, 0.3) is 0 Å². The molecule has 2 nitrogen and oxygen atoms in total. The molecule has 0 saturated heterocycles. The fraction of sp³-hybridized carbons (Fsp3) is 0.222. The quantitative estimate of drug-likeness (QED) is 0.703. The number of nitrogens with zero attached hydrogens (tertiary/aromatic N) is 1. The lowest BCUT2D eigenvalue weighted by atomic mass is 10.1. The van der Waals surface area contributed by atoms with Crippen LogP contribution in [-0.2, 0) is 10.7 Å². The minimum Gasteiger partial charge on any atom is -0.309 e. The lowest BCUT2D eigenvalue weighted by molar-refractivity contribution is -0.141. The van der Waals surface area contributed by atoms with Crippen LogP contribution in [0.5, 0.6) is 0 Å². The van der Waals surface area contributed by atoms with E-state index >= 15 is 0 Å². The van der Waals surface area contributed by atoms with Crippen molar-refractivity contribution >= 4 is 27.5 Å². The zero-order valence-corrected chi connectivity index (χ0v) is 8.81. The Bertz CT molecular complexity index is 419. The van der Waals surface area contributed by atoms with Crippen LogP contribution < -0.4 is 4.90 Å². The highest BCUT2D eigenvalue weighted by molar-refractivity contribution is 9.10. The molecule has 0 aromatic heterocycles. The maximum absolute atomic E-state index is 13.3. The smallest absolute Gasteiger partial charge is 0.309 e. The van der Waals surface area contributed by atoms with Crippen LogP contribution >= 0.6 is 15.9 Å². The lowest BCUT2D eigenvalue weighted by Gasteiger charge is -2.08. The summed E-state index contributed by atoms with van der Waals surface area (Å²) in [5.41, 5.74) is 0.0302. The van der Waals surface area contributed by atoms with Crippen LogP contribution in [0.15, 0.2) is 22.7 Å². The number of fused-ring (bicyclic) bond motifs is 1. The lowest BCUT2D eigenvalue weighted by Crippen LogP contribution is -2.31. The molecule has 74 valence electrons. The van der Waals surface area contributed by atoms with E-state index in [0.717, 1.165) is 4.90 Å². The summed E-state index contributed by atoms with van der Waals surface area (Å²) in [7, 11) is 1.34. The van der Waals surface area contributed by atoms with E-state index in [1.807, 2.05) is 0 Å². The summed E-state index contributed by atoms with van der Waals surface area (Å²) in [6.45, 7) is 0. The number of halogens is 3. The molecule has 0 atom stereocenters. The van der Waals surface area contributed by atoms with E-state index in [1.165, 1.54) is 19.2 Å². The van der Waals surface area contributed by atoms with Crippen molar-refractivity contribution in [1.82, 2.24) is 0 Å². The fourth-order valence-electron chi connectivity index (χ4n) is 1.49. The fourth-order valence-corrected chi connectivity index (χ4v) is 1.85. The van der Waals surface area contributed by atoms with Crippen LogP contribution in [0.2, 0.25) is 0 Å². The maximum Gasteiger partial charge on any atom is 0.352 e. The van der Waals surface area contributed by atoms with E-state index in [2.05, 4.69) is 15.9 Å². The first kappa shape index (κ1) is 9.58. The van der Waals surface area contributed by atoms with Gasteiger partial charge in [0.25, 0.3) is 0 Å². The van der Waals surface area contributed by atoms with Crippen molar-refractivity contribution in [3.63, 3.8) is 0 Å². The number of hydrogen-bond acceptors (Lipinski definition) is 1. The highest BCUT2D eigenvalue weighted by Gasteiger charge is 2.51. The van der Waals surface area contributed by atoms with Crippen LogP contribution in [0.3, 0.4) is 0 Å². The summed E-state index contributed by atoms with van der Waals surface area (Å²) in [5, 5.41) is 0. The molecule has 0 radical (unpaired) electrons. The second kappa shape index (κ2) is 2.76. The molecule has 1 amide bonds. The number of carbonyl (C=O) groups is 1. The van der Waals surface area contributed by atoms with Crippen molar-refractivity contribution in [3.8, 4) is 0 Å². The Kier molecular flexibility index (Phi) is 1.89. The molecule has 1 aliphatic heterocycles. The molecule has 0 unspecified atom stereocenters. The van der Waals surface area contributed by atoms with E-state index < -0.39 is 11.8 Å². The largest absolute Gasteiger partial charge is 0.352 e. The Morgan fingerprint density at radius 3 is 2.71 bits per heavy atom. The van der Waals surface area contributed by atoms with Gasteiger partial charge in [0.15, 0.2) is 0 Å². The van der Waals surface area contributed by atoms with Crippen molar-refractivity contribution in [2.24, 2.45) is 0 Å². The molecule has 0 N–H and O–H groups in total. The monoisotopic (exact) mass is 261 g/mol. The van der Waals surface area contributed by atoms with E-state index in [4.69, 9.17) is 0 Å². The van der Waals surface area contributed by atoms with Crippen molar-refractivity contribution in [2.45, 2.75) is 5.92 Å². The molecule has 14 heavy (non-hydrogen) atoms. The normalized spacial score (nSPS) is 18.6. The highest BCUT2D eigenvalue weighted by Crippen LogP contribution is 2.44. The van der Waals surface area contributed by atoms with Gasteiger partial charge in [-0.05, 0) is 18.2 Å². The summed E-state index contributed by atoms with van der Waals surface area (Å²) in [5.74, 6) is -4.57. The van der Waals surface area contributed by atoms with Crippen molar-refractivity contribution in [3.05, 3.63) is 28.2 Å². The predicted octanol–water partition coefficient (Wildman–Crippen LogP) is 2.52. The number of amides is 1. The second-order valence-corrected chi connectivity index (χ2v) is 4.02. The minimum atomic E-state index is -3.39. The Balaban J connectivity index is 2.69. The molecule has 0 bridgehead atoms. The Morgan fingerprint density at radius 1 is 1.43 bits per heavy atom. The topological polar surface area (TPSA) is 20.3 Å². The average molecular weight is 262 g/mol. The highest BCUT2D eigenvalue weighted by atomic mass is 79.9. The summed E-state index contributed by atoms with van der Waals surface area (Å²) < 4.78 is 27.2. The van der Waals surface area contributed by atoms with Gasteiger partial charge in [-0.3, -0.25) is 4.79 Å². The van der Waals surface area contributed by atoms with Crippen LogP contribution in [0, 0.1) is 0 Å².